The van der Waals surface area contributed by atoms with Gasteiger partial charge in [0.1, 0.15) is 22.6 Å². The van der Waals surface area contributed by atoms with Crippen LogP contribution in [0.15, 0.2) is 83.6 Å². The molecule has 270 valence electrons. The van der Waals surface area contributed by atoms with Crippen LogP contribution in [-0.4, -0.2) is 61.3 Å². The number of fused-ring (bicyclic) bond motifs is 2. The molecule has 3 atom stereocenters. The summed E-state index contributed by atoms with van der Waals surface area (Å²) in [7, 11) is 0. The highest BCUT2D eigenvalue weighted by molar-refractivity contribution is 5.89. The molecule has 3 aromatic heterocycles. The van der Waals surface area contributed by atoms with E-state index in [-0.39, 0.29) is 5.92 Å². The molecule has 2 unspecified atom stereocenters. The van der Waals surface area contributed by atoms with Crippen LogP contribution < -0.4 is 10.6 Å². The van der Waals surface area contributed by atoms with Crippen molar-refractivity contribution in [2.24, 2.45) is 11.3 Å². The zero-order chi connectivity index (χ0) is 37.0. The molecule has 5 aromatic rings. The molecule has 2 aromatic carbocycles. The maximum Gasteiger partial charge on any atom is 0.310 e. The van der Waals surface area contributed by atoms with Crippen LogP contribution in [0, 0.1) is 29.6 Å². The molecule has 4 heterocycles. The molecule has 0 amide bonds. The number of aliphatic hydroxyl groups is 1. The fourth-order valence-corrected chi connectivity index (χ4v) is 7.83. The lowest BCUT2D eigenvalue weighted by Gasteiger charge is -2.39. The molecule has 1 aliphatic heterocycles. The number of likely N-dealkylation sites (tertiary alicyclic amines) is 1. The van der Waals surface area contributed by atoms with Crippen molar-refractivity contribution in [1.29, 1.82) is 5.26 Å². The summed E-state index contributed by atoms with van der Waals surface area (Å²) in [6, 6.07) is 18.4. The number of rotatable bonds is 11. The molecule has 1 saturated carbocycles. The molecule has 53 heavy (non-hydrogen) atoms. The first-order valence-corrected chi connectivity index (χ1v) is 18.2. The van der Waals surface area contributed by atoms with E-state index in [1.165, 1.54) is 0 Å². The van der Waals surface area contributed by atoms with Gasteiger partial charge in [-0.15, -0.1) is 0 Å². The van der Waals surface area contributed by atoms with Crippen molar-refractivity contribution in [1.82, 2.24) is 25.2 Å². The largest absolute Gasteiger partial charge is 0.481 e. The van der Waals surface area contributed by atoms with Crippen LogP contribution in [-0.2, 0) is 23.4 Å². The normalized spacial score (nSPS) is 23.6. The van der Waals surface area contributed by atoms with E-state index in [0.29, 0.717) is 73.0 Å². The molecule has 4 N–H and O–H groups in total. The highest BCUT2D eigenvalue weighted by Gasteiger charge is 2.45. The minimum absolute atomic E-state index is 0.210. The number of oxazole rings is 1. The number of benzene rings is 2. The van der Waals surface area contributed by atoms with E-state index >= 15 is 0 Å². The van der Waals surface area contributed by atoms with Gasteiger partial charge >= 0.3 is 5.97 Å². The number of nitriles is 1. The van der Waals surface area contributed by atoms with E-state index in [0.717, 1.165) is 46.1 Å². The van der Waals surface area contributed by atoms with Gasteiger partial charge in [-0.2, -0.15) is 5.26 Å². The number of allylic oxidation sites excluding steroid dienone is 2. The minimum Gasteiger partial charge on any atom is -0.481 e. The maximum atomic E-state index is 11.9. The van der Waals surface area contributed by atoms with Crippen molar-refractivity contribution in [2.45, 2.75) is 64.3 Å². The Morgan fingerprint density at radius 1 is 1.13 bits per heavy atom. The number of aliphatic carboxylic acids is 1. The number of pyridine rings is 2. The van der Waals surface area contributed by atoms with Crippen LogP contribution >= 0.6 is 0 Å². The van der Waals surface area contributed by atoms with E-state index in [4.69, 9.17) is 19.4 Å². The predicted octanol–water partition coefficient (Wildman–Crippen LogP) is 6.46. The zero-order valence-electron chi connectivity index (χ0n) is 30.2. The smallest absolute Gasteiger partial charge is 0.310 e. The van der Waals surface area contributed by atoms with Gasteiger partial charge in [-0.25, -0.2) is 9.97 Å². The number of aromatic nitrogens is 3. The molecule has 11 heteroatoms. The summed E-state index contributed by atoms with van der Waals surface area (Å²) in [6.45, 7) is 8.76. The van der Waals surface area contributed by atoms with Gasteiger partial charge < -0.3 is 25.3 Å². The third-order valence-electron chi connectivity index (χ3n) is 11.3. The second-order valence-electron chi connectivity index (χ2n) is 15.4. The van der Waals surface area contributed by atoms with E-state index < -0.39 is 22.5 Å². The van der Waals surface area contributed by atoms with Gasteiger partial charge in [-0.3, -0.25) is 14.7 Å². The predicted molar refractivity (Wildman–Crippen MR) is 203 cm³/mol. The Morgan fingerprint density at radius 3 is 2.72 bits per heavy atom. The van der Waals surface area contributed by atoms with Gasteiger partial charge in [-0.05, 0) is 97.8 Å². The molecule has 1 saturated heterocycles. The lowest BCUT2D eigenvalue weighted by atomic mass is 9.73. The molecular formula is C42H43N7O4. The Hall–Kier alpha value is -5.41. The number of hydrogen-bond acceptors (Lipinski definition) is 10. The lowest BCUT2D eigenvalue weighted by Crippen LogP contribution is -2.42. The Balaban J connectivity index is 1.18. The fourth-order valence-electron chi connectivity index (χ4n) is 7.83. The van der Waals surface area contributed by atoms with E-state index in [1.54, 1.807) is 13.1 Å². The van der Waals surface area contributed by atoms with Crippen LogP contribution in [0.25, 0.3) is 27.6 Å². The molecule has 0 bridgehead atoms. The lowest BCUT2D eigenvalue weighted by molar-refractivity contribution is -0.147. The van der Waals surface area contributed by atoms with Gasteiger partial charge in [0.2, 0.25) is 5.89 Å². The van der Waals surface area contributed by atoms with Crippen LogP contribution in [0.1, 0.15) is 66.8 Å². The molecule has 3 aliphatic rings. The molecule has 0 radical (unpaired) electrons. The highest BCUT2D eigenvalue weighted by atomic mass is 16.4. The standard InChI is InChI=1S/C42H43N7O4/c1-26-7-4-5-8-32(26)33-9-6-11-42(27(33)2,48-37-35-30(10-15-45-37)18-29(22-46-35)21-44-24-41(52)12-13-41)38-47-34-19-28(17-31(20-43)36(34)53-38)23-49-16-14-40(3,25-49)39(50)51/h4-11,15,17-19,22,27,44,52H,12-14,16,21,23-25H2,1-3H3,(H,45,48)(H,50,51)/t27?,40-,42?/m1/s1. The number of carboxylic acid groups (broad SMARTS) is 1. The zero-order valence-corrected chi connectivity index (χ0v) is 30.2. The Kier molecular flexibility index (Phi) is 8.65. The molecule has 2 fully saturated rings. The number of nitrogens with one attached hydrogen (secondary N) is 2. The Labute approximate surface area is 308 Å². The summed E-state index contributed by atoms with van der Waals surface area (Å²) in [6.07, 6.45) is 12.0. The number of nitrogens with zero attached hydrogens (tertiary/aromatic N) is 5. The van der Waals surface area contributed by atoms with Gasteiger partial charge in [0.15, 0.2) is 11.4 Å². The SMILES string of the molecule is Cc1ccccc1C1=CC=CC(Nc2nccc3cc(CNCC4(O)CC4)cnc23)(c2nc3cc(CN4CC[C@@](C)(C(=O)O)C4)cc(C#N)c3o2)C1C. The van der Waals surface area contributed by atoms with Gasteiger partial charge in [0.05, 0.1) is 16.6 Å². The van der Waals surface area contributed by atoms with Gasteiger partial charge in [0.25, 0.3) is 0 Å². The minimum atomic E-state index is -1.03. The summed E-state index contributed by atoms with van der Waals surface area (Å²) in [5.74, 6) is -0.0468. The second-order valence-corrected chi connectivity index (χ2v) is 15.4. The Morgan fingerprint density at radius 2 is 1.96 bits per heavy atom. The maximum absolute atomic E-state index is 11.9. The van der Waals surface area contributed by atoms with Crippen LogP contribution in [0.5, 0.6) is 0 Å². The molecule has 0 spiro atoms. The van der Waals surface area contributed by atoms with Crippen molar-refractivity contribution >= 4 is 39.4 Å². The topological polar surface area (TPSA) is 160 Å². The van der Waals surface area contributed by atoms with Crippen molar-refractivity contribution in [2.75, 3.05) is 25.0 Å². The molecule has 8 rings (SSSR count). The second kappa shape index (κ2) is 13.2. The van der Waals surface area contributed by atoms with Crippen molar-refractivity contribution in [3.05, 3.63) is 113 Å². The molecular weight excluding hydrogens is 667 g/mol. The number of aryl methyl sites for hydroxylation is 1. The van der Waals surface area contributed by atoms with E-state index in [9.17, 15) is 20.3 Å². The van der Waals surface area contributed by atoms with E-state index in [1.807, 2.05) is 42.6 Å². The summed E-state index contributed by atoms with van der Waals surface area (Å²) in [5, 5.41) is 38.3. The number of hydrogen-bond donors (Lipinski definition) is 4. The quantitative estimate of drug-likeness (QED) is 0.119. The van der Waals surface area contributed by atoms with Crippen LogP contribution in [0.3, 0.4) is 0 Å². The van der Waals surface area contributed by atoms with E-state index in [2.05, 4.69) is 65.8 Å². The number of anilines is 1. The van der Waals surface area contributed by atoms with Gasteiger partial charge in [-0.1, -0.05) is 43.3 Å². The van der Waals surface area contributed by atoms with Crippen molar-refractivity contribution in [3.63, 3.8) is 0 Å². The number of carboxylic acids is 1. The summed E-state index contributed by atoms with van der Waals surface area (Å²) < 4.78 is 6.64. The third kappa shape index (κ3) is 6.48. The Bertz CT molecular complexity index is 2350. The first-order valence-electron chi connectivity index (χ1n) is 18.2. The summed E-state index contributed by atoms with van der Waals surface area (Å²) >= 11 is 0. The van der Waals surface area contributed by atoms with Crippen molar-refractivity contribution in [3.8, 4) is 6.07 Å². The van der Waals surface area contributed by atoms with Gasteiger partial charge in [0, 0.05) is 49.9 Å². The summed E-state index contributed by atoms with van der Waals surface area (Å²) in [5.41, 5.74) is 4.84. The number of carbonyl (C=O) groups is 1. The van der Waals surface area contributed by atoms with Crippen LogP contribution in [0.4, 0.5) is 5.82 Å². The monoisotopic (exact) mass is 709 g/mol. The molecule has 2 aliphatic carbocycles. The highest BCUT2D eigenvalue weighted by Crippen LogP contribution is 2.46. The average Bonchev–Trinajstić information content (AvgIpc) is 3.51. The average molecular weight is 710 g/mol. The first kappa shape index (κ1) is 34.7. The first-order chi connectivity index (χ1) is 25.5. The van der Waals surface area contributed by atoms with Crippen LogP contribution in [0.2, 0.25) is 0 Å². The third-order valence-corrected chi connectivity index (χ3v) is 11.3. The summed E-state index contributed by atoms with van der Waals surface area (Å²) in [4.78, 5) is 28.8. The molecule has 11 nitrogen and oxygen atoms in total. The fraction of sp³-hybridized carbons (Fsp3) is 0.357. The van der Waals surface area contributed by atoms with Crippen molar-refractivity contribution < 1.29 is 19.4 Å².